The number of para-hydroxylation sites is 1. The smallest absolute Gasteiger partial charge is 0.366 e. The van der Waals surface area contributed by atoms with Gasteiger partial charge in [0, 0.05) is 25.8 Å². The molecule has 2 aromatic heterocycles. The third-order valence-corrected chi connectivity index (χ3v) is 5.57. The lowest BCUT2D eigenvalue weighted by atomic mass is 10.0. The SMILES string of the molecule is O=c1on(CCN2CCOCC2)c(-c2ccnc(Oc3ccccc3)n2)c1-c1ccc(F)cc1. The van der Waals surface area contributed by atoms with Gasteiger partial charge in [0.25, 0.3) is 0 Å². The van der Waals surface area contributed by atoms with Crippen molar-refractivity contribution in [3.63, 3.8) is 0 Å². The molecule has 8 nitrogen and oxygen atoms in total. The van der Waals surface area contributed by atoms with Gasteiger partial charge in [-0.1, -0.05) is 30.3 Å². The van der Waals surface area contributed by atoms with Crippen molar-refractivity contribution in [1.29, 1.82) is 0 Å². The van der Waals surface area contributed by atoms with Crippen molar-refractivity contribution in [2.75, 3.05) is 32.8 Å². The lowest BCUT2D eigenvalue weighted by Gasteiger charge is -2.26. The van der Waals surface area contributed by atoms with Gasteiger partial charge >= 0.3 is 11.6 Å². The van der Waals surface area contributed by atoms with E-state index in [0.29, 0.717) is 54.6 Å². The van der Waals surface area contributed by atoms with Crippen LogP contribution in [-0.4, -0.2) is 52.5 Å². The van der Waals surface area contributed by atoms with Gasteiger partial charge in [-0.05, 0) is 35.9 Å². The van der Waals surface area contributed by atoms with Gasteiger partial charge in [0.1, 0.15) is 17.3 Å². The zero-order valence-corrected chi connectivity index (χ0v) is 18.4. The van der Waals surface area contributed by atoms with Crippen LogP contribution in [0.4, 0.5) is 4.39 Å². The molecule has 1 aliphatic rings. The molecule has 5 rings (SSSR count). The summed E-state index contributed by atoms with van der Waals surface area (Å²) in [5.74, 6) is 0.206. The van der Waals surface area contributed by atoms with Crippen molar-refractivity contribution in [1.82, 2.24) is 19.6 Å². The molecule has 0 bridgehead atoms. The van der Waals surface area contributed by atoms with E-state index in [9.17, 15) is 9.18 Å². The molecule has 2 aromatic carbocycles. The number of rotatable bonds is 7. The van der Waals surface area contributed by atoms with Crippen molar-refractivity contribution < 1.29 is 18.4 Å². The molecule has 174 valence electrons. The van der Waals surface area contributed by atoms with E-state index in [0.717, 1.165) is 13.1 Å². The van der Waals surface area contributed by atoms with Gasteiger partial charge in [-0.25, -0.2) is 18.9 Å². The lowest BCUT2D eigenvalue weighted by Crippen LogP contribution is -2.38. The molecular formula is C25H23FN4O4. The summed E-state index contributed by atoms with van der Waals surface area (Å²) in [7, 11) is 0. The van der Waals surface area contributed by atoms with Crippen LogP contribution in [0.15, 0.2) is 76.2 Å². The number of benzene rings is 2. The standard InChI is InChI=1S/C25H23FN4O4/c26-19-8-6-18(7-9-19)22-23(30(34-24(22)31)13-12-29-14-16-32-17-15-29)21-10-11-27-25(28-21)33-20-4-2-1-3-5-20/h1-11H,12-17H2. The number of nitrogens with zero attached hydrogens (tertiary/aromatic N) is 4. The highest BCUT2D eigenvalue weighted by Crippen LogP contribution is 2.30. The van der Waals surface area contributed by atoms with Gasteiger partial charge in [-0.15, -0.1) is 0 Å². The molecule has 3 heterocycles. The van der Waals surface area contributed by atoms with E-state index < -0.39 is 5.63 Å². The summed E-state index contributed by atoms with van der Waals surface area (Å²) in [6, 6.07) is 16.8. The van der Waals surface area contributed by atoms with Gasteiger partial charge in [0.2, 0.25) is 0 Å². The molecule has 0 unspecified atom stereocenters. The second-order valence-corrected chi connectivity index (χ2v) is 7.80. The third-order valence-electron chi connectivity index (χ3n) is 5.57. The molecule has 1 saturated heterocycles. The molecule has 0 spiro atoms. The first-order chi connectivity index (χ1) is 16.7. The Bertz CT molecular complexity index is 1300. The van der Waals surface area contributed by atoms with Crippen molar-refractivity contribution in [3.8, 4) is 34.3 Å². The van der Waals surface area contributed by atoms with Crippen LogP contribution in [0.2, 0.25) is 0 Å². The molecule has 34 heavy (non-hydrogen) atoms. The van der Waals surface area contributed by atoms with E-state index in [1.807, 2.05) is 18.2 Å². The topological polar surface area (TPSA) is 82.6 Å². The van der Waals surface area contributed by atoms with Crippen molar-refractivity contribution in [2.24, 2.45) is 0 Å². The maximum atomic E-state index is 13.6. The Kier molecular flexibility index (Phi) is 6.46. The summed E-state index contributed by atoms with van der Waals surface area (Å²) in [6.07, 6.45) is 1.57. The number of halogens is 1. The number of morpholine rings is 1. The zero-order valence-electron chi connectivity index (χ0n) is 18.4. The Morgan fingerprint density at radius 3 is 2.50 bits per heavy atom. The molecule has 0 atom stereocenters. The Labute approximate surface area is 195 Å². The first kappa shape index (κ1) is 22.0. The van der Waals surface area contributed by atoms with E-state index in [4.69, 9.17) is 14.0 Å². The number of hydrogen-bond donors (Lipinski definition) is 0. The largest absolute Gasteiger partial charge is 0.424 e. The molecular weight excluding hydrogens is 439 g/mol. The van der Waals surface area contributed by atoms with Crippen LogP contribution in [0.3, 0.4) is 0 Å². The van der Waals surface area contributed by atoms with Crippen LogP contribution < -0.4 is 10.4 Å². The van der Waals surface area contributed by atoms with Gasteiger partial charge in [0.05, 0.1) is 31.0 Å². The number of aromatic nitrogens is 3. The molecule has 4 aromatic rings. The monoisotopic (exact) mass is 462 g/mol. The third kappa shape index (κ3) is 4.90. The highest BCUT2D eigenvalue weighted by molar-refractivity contribution is 5.78. The molecule has 1 fully saturated rings. The maximum absolute atomic E-state index is 13.6. The van der Waals surface area contributed by atoms with Crippen molar-refractivity contribution in [2.45, 2.75) is 6.54 Å². The summed E-state index contributed by atoms with van der Waals surface area (Å²) in [4.78, 5) is 24.0. The van der Waals surface area contributed by atoms with E-state index >= 15 is 0 Å². The summed E-state index contributed by atoms with van der Waals surface area (Å²) in [5.41, 5.74) is 1.29. The van der Waals surface area contributed by atoms with Crippen LogP contribution in [0.25, 0.3) is 22.5 Å². The lowest BCUT2D eigenvalue weighted by molar-refractivity contribution is 0.0330. The molecule has 0 saturated carbocycles. The van der Waals surface area contributed by atoms with E-state index in [1.54, 1.807) is 41.3 Å². The fourth-order valence-corrected chi connectivity index (χ4v) is 3.87. The minimum Gasteiger partial charge on any atom is -0.424 e. The maximum Gasteiger partial charge on any atom is 0.366 e. The van der Waals surface area contributed by atoms with Crippen molar-refractivity contribution >= 4 is 0 Å². The Balaban J connectivity index is 1.54. The summed E-state index contributed by atoms with van der Waals surface area (Å²) in [5, 5.41) is 0. The first-order valence-corrected chi connectivity index (χ1v) is 11.0. The second-order valence-electron chi connectivity index (χ2n) is 7.80. The first-order valence-electron chi connectivity index (χ1n) is 11.0. The molecule has 0 aliphatic carbocycles. The van der Waals surface area contributed by atoms with Gasteiger partial charge in [-0.2, -0.15) is 4.98 Å². The van der Waals surface area contributed by atoms with Crippen LogP contribution >= 0.6 is 0 Å². The molecule has 1 aliphatic heterocycles. The van der Waals surface area contributed by atoms with E-state index in [-0.39, 0.29) is 11.8 Å². The van der Waals surface area contributed by atoms with E-state index in [2.05, 4.69) is 14.9 Å². The average Bonchev–Trinajstić information content (AvgIpc) is 3.20. The van der Waals surface area contributed by atoms with Crippen LogP contribution in [0.1, 0.15) is 0 Å². The molecule has 0 N–H and O–H groups in total. The molecule has 9 heteroatoms. The zero-order chi connectivity index (χ0) is 23.3. The Morgan fingerprint density at radius 2 is 1.74 bits per heavy atom. The van der Waals surface area contributed by atoms with Crippen molar-refractivity contribution in [3.05, 3.63) is 83.1 Å². The Hall–Kier alpha value is -3.82. The van der Waals surface area contributed by atoms with Gasteiger partial charge in [0.15, 0.2) is 0 Å². The number of ether oxygens (including phenoxy) is 2. The highest BCUT2D eigenvalue weighted by atomic mass is 19.1. The number of hydrogen-bond acceptors (Lipinski definition) is 7. The van der Waals surface area contributed by atoms with Crippen LogP contribution in [-0.2, 0) is 11.3 Å². The fourth-order valence-electron chi connectivity index (χ4n) is 3.87. The van der Waals surface area contributed by atoms with Crippen LogP contribution in [0, 0.1) is 5.82 Å². The molecule has 0 amide bonds. The van der Waals surface area contributed by atoms with Gasteiger partial charge < -0.3 is 14.0 Å². The summed E-state index contributed by atoms with van der Waals surface area (Å²) in [6.45, 7) is 4.09. The van der Waals surface area contributed by atoms with Crippen LogP contribution in [0.5, 0.6) is 11.8 Å². The summed E-state index contributed by atoms with van der Waals surface area (Å²) >= 11 is 0. The minimum absolute atomic E-state index is 0.141. The second kappa shape index (κ2) is 9.98. The quantitative estimate of drug-likeness (QED) is 0.413. The summed E-state index contributed by atoms with van der Waals surface area (Å²) < 4.78 is 32.0. The predicted octanol–water partition coefficient (Wildman–Crippen LogP) is 3.83. The van der Waals surface area contributed by atoms with E-state index in [1.165, 1.54) is 12.1 Å². The average molecular weight is 462 g/mol. The highest BCUT2D eigenvalue weighted by Gasteiger charge is 2.23. The van der Waals surface area contributed by atoms with Gasteiger partial charge in [-0.3, -0.25) is 4.90 Å². The Morgan fingerprint density at radius 1 is 0.971 bits per heavy atom. The fraction of sp³-hybridized carbons (Fsp3) is 0.240. The minimum atomic E-state index is -0.521. The normalized spacial score (nSPS) is 14.3. The molecule has 0 radical (unpaired) electrons. The predicted molar refractivity (Wildman–Crippen MR) is 123 cm³/mol.